The van der Waals surface area contributed by atoms with Crippen molar-refractivity contribution in [2.75, 3.05) is 26.7 Å². The first-order valence-corrected chi connectivity index (χ1v) is 5.76. The number of carbonyl (C=O) groups is 2. The molecule has 0 aliphatic heterocycles. The molecule has 0 bridgehead atoms. The van der Waals surface area contributed by atoms with Gasteiger partial charge in [0.2, 0.25) is 11.8 Å². The van der Waals surface area contributed by atoms with Crippen molar-refractivity contribution in [3.63, 3.8) is 0 Å². The summed E-state index contributed by atoms with van der Waals surface area (Å²) in [7, 11) is 1.64. The number of carbonyl (C=O) groups excluding carboxylic acids is 2. The Morgan fingerprint density at radius 3 is 2.12 bits per heavy atom. The van der Waals surface area contributed by atoms with Gasteiger partial charge in [0, 0.05) is 20.1 Å². The van der Waals surface area contributed by atoms with Crippen LogP contribution in [0.3, 0.4) is 0 Å². The summed E-state index contributed by atoms with van der Waals surface area (Å²) in [6, 6.07) is 0. The van der Waals surface area contributed by atoms with E-state index in [4.69, 9.17) is 5.73 Å². The fraction of sp³-hybridized carbons (Fsp3) is 0.818. The Labute approximate surface area is 96.6 Å². The Morgan fingerprint density at radius 1 is 1.25 bits per heavy atom. The van der Waals surface area contributed by atoms with Gasteiger partial charge in [-0.25, -0.2) is 0 Å². The van der Waals surface area contributed by atoms with Crippen molar-refractivity contribution in [3.8, 4) is 0 Å². The van der Waals surface area contributed by atoms with Crippen molar-refractivity contribution in [3.05, 3.63) is 0 Å². The van der Waals surface area contributed by atoms with E-state index >= 15 is 0 Å². The summed E-state index contributed by atoms with van der Waals surface area (Å²) in [5, 5.41) is 0. The lowest BCUT2D eigenvalue weighted by Crippen LogP contribution is -2.48. The molecule has 2 N–H and O–H groups in total. The van der Waals surface area contributed by atoms with Gasteiger partial charge in [0.1, 0.15) is 0 Å². The van der Waals surface area contributed by atoms with Crippen LogP contribution in [0.1, 0.15) is 26.7 Å². The molecule has 0 saturated heterocycles. The first kappa shape index (κ1) is 13.0. The number of likely N-dealkylation sites (N-methyl/N-ethyl adjacent to an activating group) is 2. The molecule has 2 amide bonds. The molecule has 1 aliphatic rings. The SMILES string of the molecule is CCN(CC)C(=O)CN(C)C(=O)C1(N)CC1. The standard InChI is InChI=1S/C11H21N3O2/c1-4-14(5-2)9(15)8-13(3)10(16)11(12)6-7-11/h4-8,12H2,1-3H3. The molecule has 1 aliphatic carbocycles. The van der Waals surface area contributed by atoms with Crippen LogP contribution in [0.2, 0.25) is 0 Å². The predicted molar refractivity (Wildman–Crippen MR) is 61.7 cm³/mol. The molecule has 0 spiro atoms. The highest BCUT2D eigenvalue weighted by Crippen LogP contribution is 2.33. The minimum Gasteiger partial charge on any atom is -0.342 e. The topological polar surface area (TPSA) is 66.6 Å². The van der Waals surface area contributed by atoms with E-state index in [1.807, 2.05) is 13.8 Å². The lowest BCUT2D eigenvalue weighted by molar-refractivity contribution is -0.140. The number of nitrogens with zero attached hydrogens (tertiary/aromatic N) is 2. The zero-order valence-corrected chi connectivity index (χ0v) is 10.3. The lowest BCUT2D eigenvalue weighted by Gasteiger charge is -2.24. The highest BCUT2D eigenvalue weighted by Gasteiger charge is 2.47. The van der Waals surface area contributed by atoms with Crippen molar-refractivity contribution < 1.29 is 9.59 Å². The average Bonchev–Trinajstić information content (AvgIpc) is 2.98. The van der Waals surface area contributed by atoms with Crippen LogP contribution in [0.15, 0.2) is 0 Å². The number of rotatable bonds is 5. The van der Waals surface area contributed by atoms with Gasteiger partial charge < -0.3 is 15.5 Å². The summed E-state index contributed by atoms with van der Waals surface area (Å²) >= 11 is 0. The zero-order valence-electron chi connectivity index (χ0n) is 10.3. The summed E-state index contributed by atoms with van der Waals surface area (Å²) in [6.45, 7) is 5.32. The van der Waals surface area contributed by atoms with E-state index in [0.29, 0.717) is 13.1 Å². The first-order valence-electron chi connectivity index (χ1n) is 5.76. The summed E-state index contributed by atoms with van der Waals surface area (Å²) < 4.78 is 0. The van der Waals surface area contributed by atoms with Gasteiger partial charge >= 0.3 is 0 Å². The maximum atomic E-state index is 11.8. The smallest absolute Gasteiger partial charge is 0.242 e. The Kier molecular flexibility index (Phi) is 3.91. The number of nitrogens with two attached hydrogens (primary N) is 1. The van der Waals surface area contributed by atoms with Crippen LogP contribution in [0.5, 0.6) is 0 Å². The maximum Gasteiger partial charge on any atom is 0.242 e. The molecule has 0 aromatic heterocycles. The fourth-order valence-electron chi connectivity index (χ4n) is 1.68. The van der Waals surface area contributed by atoms with Crippen LogP contribution in [0.4, 0.5) is 0 Å². The lowest BCUT2D eigenvalue weighted by atomic mass is 10.2. The van der Waals surface area contributed by atoms with Crippen LogP contribution < -0.4 is 5.73 Å². The van der Waals surface area contributed by atoms with E-state index < -0.39 is 5.54 Å². The molecule has 0 atom stereocenters. The van der Waals surface area contributed by atoms with Crippen molar-refractivity contribution in [1.82, 2.24) is 9.80 Å². The van der Waals surface area contributed by atoms with Crippen molar-refractivity contribution >= 4 is 11.8 Å². The quantitative estimate of drug-likeness (QED) is 0.707. The van der Waals surface area contributed by atoms with E-state index in [-0.39, 0.29) is 18.4 Å². The fourth-order valence-corrected chi connectivity index (χ4v) is 1.68. The van der Waals surface area contributed by atoms with Gasteiger partial charge in [0.25, 0.3) is 0 Å². The molecule has 0 aromatic carbocycles. The third kappa shape index (κ3) is 2.72. The molecule has 5 heteroatoms. The zero-order chi connectivity index (χ0) is 12.3. The largest absolute Gasteiger partial charge is 0.342 e. The first-order chi connectivity index (χ1) is 7.44. The monoisotopic (exact) mass is 227 g/mol. The molecule has 5 nitrogen and oxygen atoms in total. The maximum absolute atomic E-state index is 11.8. The number of amides is 2. The molecule has 1 fully saturated rings. The second kappa shape index (κ2) is 4.82. The molecular formula is C11H21N3O2. The van der Waals surface area contributed by atoms with E-state index in [2.05, 4.69) is 0 Å². The molecule has 16 heavy (non-hydrogen) atoms. The third-order valence-corrected chi connectivity index (χ3v) is 3.05. The average molecular weight is 227 g/mol. The molecule has 92 valence electrons. The van der Waals surface area contributed by atoms with Gasteiger partial charge in [0.05, 0.1) is 12.1 Å². The van der Waals surface area contributed by atoms with E-state index in [9.17, 15) is 9.59 Å². The van der Waals surface area contributed by atoms with E-state index in [1.54, 1.807) is 11.9 Å². The molecule has 0 heterocycles. The van der Waals surface area contributed by atoms with Crippen LogP contribution in [-0.4, -0.2) is 53.8 Å². The highest BCUT2D eigenvalue weighted by atomic mass is 16.2. The molecule has 0 aromatic rings. The summed E-state index contributed by atoms with van der Waals surface area (Å²) in [5.41, 5.74) is 5.11. The van der Waals surface area contributed by atoms with Crippen LogP contribution in [-0.2, 0) is 9.59 Å². The molecular weight excluding hydrogens is 206 g/mol. The molecule has 1 saturated carbocycles. The van der Waals surface area contributed by atoms with Crippen molar-refractivity contribution in [2.24, 2.45) is 5.73 Å². The van der Waals surface area contributed by atoms with E-state index in [1.165, 1.54) is 4.90 Å². The van der Waals surface area contributed by atoms with Crippen molar-refractivity contribution in [1.29, 1.82) is 0 Å². The van der Waals surface area contributed by atoms with Crippen LogP contribution in [0.25, 0.3) is 0 Å². The van der Waals surface area contributed by atoms with Gasteiger partial charge in [-0.1, -0.05) is 0 Å². The summed E-state index contributed by atoms with van der Waals surface area (Å²) in [5.74, 6) is -0.141. The molecule has 0 unspecified atom stereocenters. The van der Waals surface area contributed by atoms with Gasteiger partial charge in [-0.05, 0) is 26.7 Å². The Hall–Kier alpha value is -1.10. The van der Waals surface area contributed by atoms with Gasteiger partial charge in [-0.15, -0.1) is 0 Å². The number of hydrogen-bond donors (Lipinski definition) is 1. The number of hydrogen-bond acceptors (Lipinski definition) is 3. The Morgan fingerprint density at radius 2 is 1.75 bits per heavy atom. The molecule has 0 radical (unpaired) electrons. The van der Waals surface area contributed by atoms with Gasteiger partial charge in [-0.2, -0.15) is 0 Å². The minimum absolute atomic E-state index is 0.0231. The Bertz CT molecular complexity index is 283. The van der Waals surface area contributed by atoms with Crippen LogP contribution in [0, 0.1) is 0 Å². The summed E-state index contributed by atoms with van der Waals surface area (Å²) in [4.78, 5) is 26.7. The minimum atomic E-state index is -0.682. The highest BCUT2D eigenvalue weighted by molar-refractivity contribution is 5.92. The molecule has 1 rings (SSSR count). The normalized spacial score (nSPS) is 16.8. The van der Waals surface area contributed by atoms with Crippen molar-refractivity contribution in [2.45, 2.75) is 32.2 Å². The predicted octanol–water partition coefficient (Wildman–Crippen LogP) is -0.195. The Balaban J connectivity index is 2.47. The summed E-state index contributed by atoms with van der Waals surface area (Å²) in [6.07, 6.45) is 1.46. The third-order valence-electron chi connectivity index (χ3n) is 3.05. The van der Waals surface area contributed by atoms with Crippen LogP contribution >= 0.6 is 0 Å². The van der Waals surface area contributed by atoms with Gasteiger partial charge in [-0.3, -0.25) is 9.59 Å². The second-order valence-corrected chi connectivity index (χ2v) is 4.38. The van der Waals surface area contributed by atoms with E-state index in [0.717, 1.165) is 12.8 Å². The van der Waals surface area contributed by atoms with Gasteiger partial charge in [0.15, 0.2) is 0 Å². The second-order valence-electron chi connectivity index (χ2n) is 4.38.